The molecule has 0 bridgehead atoms. The van der Waals surface area contributed by atoms with Gasteiger partial charge in [0.25, 0.3) is 0 Å². The Morgan fingerprint density at radius 2 is 1.96 bits per heavy atom. The van der Waals surface area contributed by atoms with E-state index in [1.54, 1.807) is 4.90 Å². The van der Waals surface area contributed by atoms with Crippen LogP contribution in [-0.4, -0.2) is 52.1 Å². The third kappa shape index (κ3) is 4.96. The van der Waals surface area contributed by atoms with E-state index in [1.165, 1.54) is 17.3 Å². The van der Waals surface area contributed by atoms with Gasteiger partial charge >= 0.3 is 0 Å². The number of hydrogen-bond donors (Lipinski definition) is 2. The van der Waals surface area contributed by atoms with Crippen LogP contribution < -0.4 is 0 Å². The second-order valence-electron chi connectivity index (χ2n) is 7.36. The number of likely N-dealkylation sites (tertiary alicyclic amines) is 1. The molecule has 23 heavy (non-hydrogen) atoms. The van der Waals surface area contributed by atoms with Crippen LogP contribution in [0.5, 0.6) is 0 Å². The lowest BCUT2D eigenvalue weighted by Gasteiger charge is -2.38. The number of hydrogen-bond acceptors (Lipinski definition) is 4. The van der Waals surface area contributed by atoms with Crippen LogP contribution in [0.4, 0.5) is 0 Å². The Morgan fingerprint density at radius 3 is 2.52 bits per heavy atom. The highest BCUT2D eigenvalue weighted by Crippen LogP contribution is 2.26. The van der Waals surface area contributed by atoms with Gasteiger partial charge in [-0.15, -0.1) is 11.8 Å². The van der Waals surface area contributed by atoms with Crippen LogP contribution in [0.2, 0.25) is 0 Å². The predicted octanol–water partition coefficient (Wildman–Crippen LogP) is 2.42. The van der Waals surface area contributed by atoms with Gasteiger partial charge in [-0.05, 0) is 36.0 Å². The standard InChI is InChI=1S/C18H27NO3S/c1-17(2,3)14-5-7-15(8-6-14)23-11-16(21)19-10-4-9-18(22,12-19)13-20/h5-8,20,22H,4,9-13H2,1-3H3/t18-/m0/s1. The molecule has 2 rings (SSSR count). The van der Waals surface area contributed by atoms with Crippen molar-refractivity contribution >= 4 is 17.7 Å². The SMILES string of the molecule is CC(C)(C)c1ccc(SCC(=O)N2CCC[C@@](O)(CO)C2)cc1. The minimum atomic E-state index is -1.13. The molecule has 0 unspecified atom stereocenters. The lowest BCUT2D eigenvalue weighted by Crippen LogP contribution is -2.52. The van der Waals surface area contributed by atoms with Crippen molar-refractivity contribution in [3.8, 4) is 0 Å². The molecule has 1 aliphatic rings. The first kappa shape index (κ1) is 18.3. The lowest BCUT2D eigenvalue weighted by atomic mass is 9.87. The molecule has 1 saturated heterocycles. The van der Waals surface area contributed by atoms with E-state index in [-0.39, 0.29) is 24.5 Å². The summed E-state index contributed by atoms with van der Waals surface area (Å²) in [6.45, 7) is 7.13. The summed E-state index contributed by atoms with van der Waals surface area (Å²) in [5, 5.41) is 19.4. The molecule has 4 nitrogen and oxygen atoms in total. The largest absolute Gasteiger partial charge is 0.393 e. The van der Waals surface area contributed by atoms with Crippen molar-refractivity contribution in [1.29, 1.82) is 0 Å². The third-order valence-corrected chi connectivity index (χ3v) is 5.28. The Labute approximate surface area is 142 Å². The van der Waals surface area contributed by atoms with Crippen molar-refractivity contribution in [2.75, 3.05) is 25.4 Å². The number of carbonyl (C=O) groups excluding carboxylic acids is 1. The van der Waals surface area contributed by atoms with Gasteiger partial charge in [0.2, 0.25) is 5.91 Å². The fourth-order valence-corrected chi connectivity index (χ4v) is 3.54. The van der Waals surface area contributed by atoms with Crippen molar-refractivity contribution in [3.63, 3.8) is 0 Å². The monoisotopic (exact) mass is 337 g/mol. The lowest BCUT2D eigenvalue weighted by molar-refractivity contribution is -0.137. The summed E-state index contributed by atoms with van der Waals surface area (Å²) in [7, 11) is 0. The van der Waals surface area contributed by atoms with E-state index < -0.39 is 5.60 Å². The predicted molar refractivity (Wildman–Crippen MR) is 93.7 cm³/mol. The topological polar surface area (TPSA) is 60.8 Å². The second kappa shape index (κ2) is 7.24. The molecule has 1 aromatic carbocycles. The number of amides is 1. The molecule has 1 aromatic rings. The second-order valence-corrected chi connectivity index (χ2v) is 8.41. The molecule has 0 aliphatic carbocycles. The number of carbonyl (C=O) groups is 1. The minimum Gasteiger partial charge on any atom is -0.393 e. The maximum absolute atomic E-state index is 12.3. The van der Waals surface area contributed by atoms with Crippen LogP contribution in [0.1, 0.15) is 39.2 Å². The Balaban J connectivity index is 1.89. The molecule has 0 radical (unpaired) electrons. The van der Waals surface area contributed by atoms with Crippen LogP contribution in [-0.2, 0) is 10.2 Å². The van der Waals surface area contributed by atoms with E-state index >= 15 is 0 Å². The summed E-state index contributed by atoms with van der Waals surface area (Å²) in [4.78, 5) is 15.0. The molecule has 1 atom stereocenters. The summed E-state index contributed by atoms with van der Waals surface area (Å²) in [5.41, 5.74) is 0.270. The van der Waals surface area contributed by atoms with Crippen LogP contribution in [0, 0.1) is 0 Å². The Hall–Kier alpha value is -1.04. The van der Waals surface area contributed by atoms with Gasteiger partial charge in [-0.25, -0.2) is 0 Å². The number of aliphatic hydroxyl groups is 2. The highest BCUT2D eigenvalue weighted by Gasteiger charge is 2.34. The van der Waals surface area contributed by atoms with Gasteiger partial charge in [0.15, 0.2) is 0 Å². The average Bonchev–Trinajstić information content (AvgIpc) is 2.52. The van der Waals surface area contributed by atoms with Crippen LogP contribution >= 0.6 is 11.8 Å². The minimum absolute atomic E-state index is 0.0153. The third-order valence-electron chi connectivity index (χ3n) is 4.29. The maximum Gasteiger partial charge on any atom is 0.233 e. The summed E-state index contributed by atoms with van der Waals surface area (Å²) in [6, 6.07) is 8.33. The molecule has 1 heterocycles. The van der Waals surface area contributed by atoms with E-state index in [1.807, 2.05) is 0 Å². The zero-order valence-corrected chi connectivity index (χ0v) is 15.0. The van der Waals surface area contributed by atoms with Crippen molar-refractivity contribution < 1.29 is 15.0 Å². The molecular formula is C18H27NO3S. The summed E-state index contributed by atoms with van der Waals surface area (Å²) in [5.74, 6) is 0.373. The van der Waals surface area contributed by atoms with Crippen molar-refractivity contribution in [2.45, 2.75) is 49.5 Å². The van der Waals surface area contributed by atoms with E-state index in [4.69, 9.17) is 0 Å². The molecule has 0 spiro atoms. The van der Waals surface area contributed by atoms with E-state index in [0.29, 0.717) is 18.7 Å². The fraction of sp³-hybridized carbons (Fsp3) is 0.611. The summed E-state index contributed by atoms with van der Waals surface area (Å²) in [6.07, 6.45) is 1.28. The Morgan fingerprint density at radius 1 is 1.30 bits per heavy atom. The molecule has 128 valence electrons. The van der Waals surface area contributed by atoms with Crippen molar-refractivity contribution in [2.24, 2.45) is 0 Å². The van der Waals surface area contributed by atoms with Crippen LogP contribution in [0.15, 0.2) is 29.2 Å². The van der Waals surface area contributed by atoms with E-state index in [0.717, 1.165) is 11.3 Å². The molecule has 1 aliphatic heterocycles. The highest BCUT2D eigenvalue weighted by atomic mass is 32.2. The first-order valence-corrected chi connectivity index (χ1v) is 9.06. The zero-order chi connectivity index (χ0) is 17.1. The quantitative estimate of drug-likeness (QED) is 0.829. The zero-order valence-electron chi connectivity index (χ0n) is 14.2. The number of thioether (sulfide) groups is 1. The Bertz CT molecular complexity index is 538. The first-order valence-electron chi connectivity index (χ1n) is 8.08. The summed E-state index contributed by atoms with van der Waals surface area (Å²) < 4.78 is 0. The number of β-amino-alcohol motifs (C(OH)–C–C–N with tert-alkyl or cyclic N) is 1. The number of aliphatic hydroxyl groups excluding tert-OH is 1. The van der Waals surface area contributed by atoms with Crippen LogP contribution in [0.25, 0.3) is 0 Å². The Kier molecular flexibility index (Phi) is 5.76. The average molecular weight is 337 g/mol. The number of piperidine rings is 1. The smallest absolute Gasteiger partial charge is 0.233 e. The highest BCUT2D eigenvalue weighted by molar-refractivity contribution is 8.00. The van der Waals surface area contributed by atoms with Crippen LogP contribution in [0.3, 0.4) is 0 Å². The number of rotatable bonds is 4. The maximum atomic E-state index is 12.3. The molecule has 5 heteroatoms. The van der Waals surface area contributed by atoms with Gasteiger partial charge in [0, 0.05) is 11.4 Å². The van der Waals surface area contributed by atoms with Crippen molar-refractivity contribution in [1.82, 2.24) is 4.90 Å². The van der Waals surface area contributed by atoms with E-state index in [2.05, 4.69) is 45.0 Å². The molecular weight excluding hydrogens is 310 g/mol. The summed E-state index contributed by atoms with van der Waals surface area (Å²) >= 11 is 1.51. The molecule has 2 N–H and O–H groups in total. The molecule has 1 fully saturated rings. The van der Waals surface area contributed by atoms with Gasteiger partial charge in [-0.2, -0.15) is 0 Å². The fourth-order valence-electron chi connectivity index (χ4n) is 2.74. The van der Waals surface area contributed by atoms with E-state index in [9.17, 15) is 15.0 Å². The van der Waals surface area contributed by atoms with Gasteiger partial charge in [0.05, 0.1) is 18.9 Å². The molecule has 1 amide bonds. The molecule has 0 saturated carbocycles. The number of benzene rings is 1. The normalized spacial score (nSPS) is 22.2. The van der Waals surface area contributed by atoms with Gasteiger partial charge in [0.1, 0.15) is 5.60 Å². The first-order chi connectivity index (χ1) is 10.7. The van der Waals surface area contributed by atoms with Gasteiger partial charge in [-0.1, -0.05) is 32.9 Å². The van der Waals surface area contributed by atoms with Gasteiger partial charge < -0.3 is 15.1 Å². The molecule has 0 aromatic heterocycles. The van der Waals surface area contributed by atoms with Gasteiger partial charge in [-0.3, -0.25) is 4.79 Å². The van der Waals surface area contributed by atoms with Crippen molar-refractivity contribution in [3.05, 3.63) is 29.8 Å². The number of nitrogens with zero attached hydrogens (tertiary/aromatic N) is 1.